The molecule has 0 bridgehead atoms. The van der Waals surface area contributed by atoms with Crippen molar-refractivity contribution in [2.75, 3.05) is 12.4 Å². The SMILES string of the molecule is CNC(=O)Nc1ccc2c(C=C(C(=O)O)c3ccccc3)c[nH]c2n1. The first kappa shape index (κ1) is 16.3. The maximum atomic E-state index is 11.6. The summed E-state index contributed by atoms with van der Waals surface area (Å²) in [5.74, 6) is -0.614. The number of carbonyl (C=O) groups excluding carboxylic acids is 1. The number of aromatic nitrogens is 2. The van der Waals surface area contributed by atoms with Crippen LogP contribution in [0.1, 0.15) is 11.1 Å². The average molecular weight is 336 g/mol. The summed E-state index contributed by atoms with van der Waals surface area (Å²) in [5, 5.41) is 15.3. The van der Waals surface area contributed by atoms with Crippen molar-refractivity contribution in [3.63, 3.8) is 0 Å². The van der Waals surface area contributed by atoms with Crippen LogP contribution < -0.4 is 10.6 Å². The van der Waals surface area contributed by atoms with Crippen LogP contribution in [0.4, 0.5) is 10.6 Å². The zero-order valence-corrected chi connectivity index (χ0v) is 13.4. The Balaban J connectivity index is 2.01. The standard InChI is InChI=1S/C18H16N4O3/c1-19-18(25)22-15-8-7-13-12(10-20-16(13)21-15)9-14(17(23)24)11-5-3-2-4-6-11/h2-10H,1H3,(H,23,24)(H3,19,20,21,22,25). The number of aliphatic carboxylic acids is 1. The summed E-state index contributed by atoms with van der Waals surface area (Å²) in [5.41, 5.74) is 2.07. The molecule has 0 atom stereocenters. The molecule has 0 spiro atoms. The number of hydrogen-bond donors (Lipinski definition) is 4. The van der Waals surface area contributed by atoms with E-state index in [1.165, 1.54) is 7.05 Å². The lowest BCUT2D eigenvalue weighted by atomic mass is 10.0. The molecule has 2 heterocycles. The minimum atomic E-state index is -1.01. The first-order valence-corrected chi connectivity index (χ1v) is 7.56. The first-order valence-electron chi connectivity index (χ1n) is 7.56. The van der Waals surface area contributed by atoms with Crippen LogP contribution in [-0.2, 0) is 4.79 Å². The van der Waals surface area contributed by atoms with Gasteiger partial charge in [0, 0.05) is 24.2 Å². The number of nitrogens with one attached hydrogen (secondary N) is 3. The van der Waals surface area contributed by atoms with E-state index < -0.39 is 5.97 Å². The van der Waals surface area contributed by atoms with Crippen molar-refractivity contribution in [2.45, 2.75) is 0 Å². The highest BCUT2D eigenvalue weighted by atomic mass is 16.4. The quantitative estimate of drug-likeness (QED) is 0.549. The topological polar surface area (TPSA) is 107 Å². The number of fused-ring (bicyclic) bond motifs is 1. The fraction of sp³-hybridized carbons (Fsp3) is 0.0556. The highest BCUT2D eigenvalue weighted by Crippen LogP contribution is 2.24. The Labute approximate surface area is 143 Å². The van der Waals surface area contributed by atoms with E-state index in [2.05, 4.69) is 20.6 Å². The number of urea groups is 1. The molecule has 0 aliphatic heterocycles. The predicted octanol–water partition coefficient (Wildman–Crippen LogP) is 2.94. The molecule has 0 aliphatic rings. The molecule has 2 amide bonds. The smallest absolute Gasteiger partial charge is 0.336 e. The largest absolute Gasteiger partial charge is 0.478 e. The van der Waals surface area contributed by atoms with E-state index in [1.54, 1.807) is 48.7 Å². The van der Waals surface area contributed by atoms with Crippen molar-refractivity contribution < 1.29 is 14.7 Å². The van der Waals surface area contributed by atoms with E-state index in [0.717, 1.165) is 5.39 Å². The van der Waals surface area contributed by atoms with Crippen LogP contribution in [-0.4, -0.2) is 34.1 Å². The number of nitrogens with zero attached hydrogens (tertiary/aromatic N) is 1. The molecule has 0 radical (unpaired) electrons. The van der Waals surface area contributed by atoms with Gasteiger partial charge in [-0.25, -0.2) is 14.6 Å². The zero-order valence-electron chi connectivity index (χ0n) is 13.4. The van der Waals surface area contributed by atoms with Gasteiger partial charge in [0.15, 0.2) is 0 Å². The van der Waals surface area contributed by atoms with E-state index in [4.69, 9.17) is 0 Å². The Hall–Kier alpha value is -3.61. The van der Waals surface area contributed by atoms with Gasteiger partial charge in [-0.2, -0.15) is 0 Å². The zero-order chi connectivity index (χ0) is 17.8. The lowest BCUT2D eigenvalue weighted by molar-refractivity contribution is -0.130. The number of amides is 2. The van der Waals surface area contributed by atoms with Gasteiger partial charge in [-0.15, -0.1) is 0 Å². The number of rotatable bonds is 4. The molecule has 0 unspecified atom stereocenters. The summed E-state index contributed by atoms with van der Waals surface area (Å²) >= 11 is 0. The molecule has 7 heteroatoms. The second kappa shape index (κ2) is 6.88. The lowest BCUT2D eigenvalue weighted by Gasteiger charge is -2.04. The van der Waals surface area contributed by atoms with Crippen LogP contribution >= 0.6 is 0 Å². The van der Waals surface area contributed by atoms with Crippen molar-refractivity contribution in [2.24, 2.45) is 0 Å². The van der Waals surface area contributed by atoms with E-state index in [1.807, 2.05) is 6.07 Å². The Bertz CT molecular complexity index is 961. The Morgan fingerprint density at radius 3 is 2.60 bits per heavy atom. The molecule has 3 rings (SSSR count). The van der Waals surface area contributed by atoms with E-state index in [0.29, 0.717) is 22.6 Å². The minimum Gasteiger partial charge on any atom is -0.478 e. The molecule has 0 aliphatic carbocycles. The summed E-state index contributed by atoms with van der Waals surface area (Å²) in [7, 11) is 1.52. The molecule has 0 saturated heterocycles. The molecule has 1 aromatic carbocycles. The van der Waals surface area contributed by atoms with Gasteiger partial charge in [-0.05, 0) is 23.8 Å². The number of carboxylic acid groups (broad SMARTS) is 1. The molecule has 126 valence electrons. The van der Waals surface area contributed by atoms with Gasteiger partial charge in [-0.3, -0.25) is 5.32 Å². The van der Waals surface area contributed by atoms with Crippen LogP contribution in [0.5, 0.6) is 0 Å². The molecular weight excluding hydrogens is 320 g/mol. The molecular formula is C18H16N4O3. The number of carboxylic acids is 1. The molecule has 7 nitrogen and oxygen atoms in total. The molecule has 0 saturated carbocycles. The van der Waals surface area contributed by atoms with Gasteiger partial charge in [0.2, 0.25) is 0 Å². The van der Waals surface area contributed by atoms with Gasteiger partial charge in [0.05, 0.1) is 5.57 Å². The van der Waals surface area contributed by atoms with E-state index >= 15 is 0 Å². The fourth-order valence-electron chi connectivity index (χ4n) is 2.44. The van der Waals surface area contributed by atoms with Gasteiger partial charge in [0.25, 0.3) is 0 Å². The van der Waals surface area contributed by atoms with Crippen molar-refractivity contribution in [3.8, 4) is 0 Å². The van der Waals surface area contributed by atoms with Gasteiger partial charge < -0.3 is 15.4 Å². The van der Waals surface area contributed by atoms with E-state index in [-0.39, 0.29) is 11.6 Å². The summed E-state index contributed by atoms with van der Waals surface area (Å²) in [6.45, 7) is 0. The molecule has 2 aromatic heterocycles. The summed E-state index contributed by atoms with van der Waals surface area (Å²) in [6, 6.07) is 12.0. The third kappa shape index (κ3) is 3.50. The molecule has 25 heavy (non-hydrogen) atoms. The third-order valence-corrected chi connectivity index (χ3v) is 3.65. The normalized spacial score (nSPS) is 11.3. The second-order valence-electron chi connectivity index (χ2n) is 5.27. The second-order valence-corrected chi connectivity index (χ2v) is 5.27. The average Bonchev–Trinajstić information content (AvgIpc) is 3.02. The number of aromatic amines is 1. The minimum absolute atomic E-state index is 0.189. The van der Waals surface area contributed by atoms with Crippen LogP contribution in [0.2, 0.25) is 0 Å². The monoisotopic (exact) mass is 336 g/mol. The van der Waals surface area contributed by atoms with Crippen molar-refractivity contribution in [3.05, 3.63) is 59.8 Å². The van der Waals surface area contributed by atoms with Gasteiger partial charge >= 0.3 is 12.0 Å². The van der Waals surface area contributed by atoms with Gasteiger partial charge in [-0.1, -0.05) is 30.3 Å². The number of H-pyrrole nitrogens is 1. The molecule has 0 fully saturated rings. The highest BCUT2D eigenvalue weighted by Gasteiger charge is 2.12. The van der Waals surface area contributed by atoms with E-state index in [9.17, 15) is 14.7 Å². The number of carbonyl (C=O) groups is 2. The van der Waals surface area contributed by atoms with Crippen molar-refractivity contribution in [1.82, 2.24) is 15.3 Å². The molecule has 3 aromatic rings. The predicted molar refractivity (Wildman–Crippen MR) is 96.1 cm³/mol. The number of anilines is 1. The van der Waals surface area contributed by atoms with Crippen molar-refractivity contribution in [1.29, 1.82) is 0 Å². The maximum absolute atomic E-state index is 11.6. The Morgan fingerprint density at radius 1 is 1.16 bits per heavy atom. The Kier molecular flexibility index (Phi) is 4.47. The van der Waals surface area contributed by atoms with Crippen LogP contribution in [0.15, 0.2) is 48.7 Å². The lowest BCUT2D eigenvalue weighted by Crippen LogP contribution is -2.24. The number of hydrogen-bond acceptors (Lipinski definition) is 3. The highest BCUT2D eigenvalue weighted by molar-refractivity contribution is 6.21. The maximum Gasteiger partial charge on any atom is 0.336 e. The number of pyridine rings is 1. The van der Waals surface area contributed by atoms with Crippen LogP contribution in [0.25, 0.3) is 22.7 Å². The number of benzene rings is 1. The summed E-state index contributed by atoms with van der Waals surface area (Å²) < 4.78 is 0. The van der Waals surface area contributed by atoms with Crippen LogP contribution in [0.3, 0.4) is 0 Å². The molecule has 4 N–H and O–H groups in total. The first-order chi connectivity index (χ1) is 12.1. The summed E-state index contributed by atoms with van der Waals surface area (Å²) in [6.07, 6.45) is 3.29. The fourth-order valence-corrected chi connectivity index (χ4v) is 2.44. The van der Waals surface area contributed by atoms with Gasteiger partial charge in [0.1, 0.15) is 11.5 Å². The van der Waals surface area contributed by atoms with Crippen LogP contribution in [0, 0.1) is 0 Å². The third-order valence-electron chi connectivity index (χ3n) is 3.65. The Morgan fingerprint density at radius 2 is 1.92 bits per heavy atom. The van der Waals surface area contributed by atoms with Crippen molar-refractivity contribution >= 4 is 40.5 Å². The summed E-state index contributed by atoms with van der Waals surface area (Å²) in [4.78, 5) is 30.3.